The normalized spacial score (nSPS) is 13.1. The molecule has 0 saturated heterocycles. The first-order valence-electron chi connectivity index (χ1n) is 12.6. The molecular weight excluding hydrogens is 480 g/mol. The summed E-state index contributed by atoms with van der Waals surface area (Å²) in [5.41, 5.74) is 11.8. The fourth-order valence-electron chi connectivity index (χ4n) is 4.94. The molecule has 1 aliphatic carbocycles. The maximum absolute atomic E-state index is 13.7. The third-order valence-electron chi connectivity index (χ3n) is 6.71. The van der Waals surface area contributed by atoms with Crippen molar-refractivity contribution >= 4 is 35.1 Å². The lowest BCUT2D eigenvalue weighted by Gasteiger charge is -2.14. The number of hydrogen-bond donors (Lipinski definition) is 2. The molecule has 0 fully saturated rings. The van der Waals surface area contributed by atoms with Gasteiger partial charge in [0, 0.05) is 38.9 Å². The van der Waals surface area contributed by atoms with E-state index in [0.29, 0.717) is 5.95 Å². The van der Waals surface area contributed by atoms with Crippen molar-refractivity contribution in [1.29, 1.82) is 0 Å². The predicted molar refractivity (Wildman–Crippen MR) is 152 cm³/mol. The van der Waals surface area contributed by atoms with Crippen molar-refractivity contribution in [2.24, 2.45) is 5.10 Å². The lowest BCUT2D eigenvalue weighted by molar-refractivity contribution is 0.102. The molecule has 37 heavy (non-hydrogen) atoms. The molecule has 0 radical (unpaired) electrons. The van der Waals surface area contributed by atoms with Gasteiger partial charge in [-0.2, -0.15) is 5.10 Å². The summed E-state index contributed by atoms with van der Waals surface area (Å²) in [6, 6.07) is 12.0. The number of nitrogens with zero attached hydrogens (tertiary/aromatic N) is 4. The number of carbonyl (C=O) groups excluding carboxylic acids is 1. The Balaban J connectivity index is 1.49. The Morgan fingerprint density at radius 3 is 2.43 bits per heavy atom. The monoisotopic (exact) mass is 512 g/mol. The van der Waals surface area contributed by atoms with Crippen molar-refractivity contribution in [2.45, 2.75) is 60.3 Å². The minimum atomic E-state index is -0.0467. The van der Waals surface area contributed by atoms with Gasteiger partial charge in [0.1, 0.15) is 5.00 Å². The van der Waals surface area contributed by atoms with Crippen molar-refractivity contribution in [3.63, 3.8) is 0 Å². The van der Waals surface area contributed by atoms with Crippen LogP contribution in [0.15, 0.2) is 41.5 Å². The predicted octanol–water partition coefficient (Wildman–Crippen LogP) is 6.45. The molecule has 4 aromatic rings. The van der Waals surface area contributed by atoms with Gasteiger partial charge in [0.15, 0.2) is 0 Å². The van der Waals surface area contributed by atoms with E-state index in [9.17, 15) is 4.79 Å². The molecular formula is C29H32N6OS. The summed E-state index contributed by atoms with van der Waals surface area (Å²) in [7, 11) is 0. The molecule has 0 aliphatic heterocycles. The fourth-order valence-corrected chi connectivity index (χ4v) is 6.44. The van der Waals surface area contributed by atoms with E-state index in [0.717, 1.165) is 69.4 Å². The van der Waals surface area contributed by atoms with Crippen LogP contribution < -0.4 is 10.7 Å². The lowest BCUT2D eigenvalue weighted by Crippen LogP contribution is -2.17. The summed E-state index contributed by atoms with van der Waals surface area (Å²) >= 11 is 1.74. The second kappa shape index (κ2) is 10.3. The highest BCUT2D eigenvalue weighted by Crippen LogP contribution is 2.39. The third-order valence-corrected chi connectivity index (χ3v) is 7.99. The van der Waals surface area contributed by atoms with Gasteiger partial charge in [0.25, 0.3) is 5.91 Å². The van der Waals surface area contributed by atoms with Gasteiger partial charge in [-0.3, -0.25) is 4.79 Å². The fraction of sp³-hybridized carbons (Fsp3) is 0.310. The topological polar surface area (TPSA) is 84.2 Å². The van der Waals surface area contributed by atoms with E-state index in [1.807, 2.05) is 51.1 Å². The maximum atomic E-state index is 13.7. The van der Waals surface area contributed by atoms with Crippen LogP contribution in [0.3, 0.4) is 0 Å². The second-order valence-electron chi connectivity index (χ2n) is 9.72. The molecule has 5 rings (SSSR count). The van der Waals surface area contributed by atoms with Gasteiger partial charge < -0.3 is 9.88 Å². The minimum absolute atomic E-state index is 0.0467. The summed E-state index contributed by atoms with van der Waals surface area (Å²) < 4.78 is 2.20. The van der Waals surface area contributed by atoms with Crippen LogP contribution in [0.25, 0.3) is 5.00 Å². The van der Waals surface area contributed by atoms with E-state index in [-0.39, 0.29) is 5.91 Å². The number of rotatable bonds is 6. The summed E-state index contributed by atoms with van der Waals surface area (Å²) in [4.78, 5) is 23.8. The number of aryl methyl sites for hydroxylation is 5. The number of thiophene rings is 1. The standard InChI is InChI=1S/C29H32N6OS/c1-17-10-12-23(13-11-17)33-27(36)26-24-8-6-7-9-25(24)37-28(26)35-20(4)15-22(21(35)5)16-30-34-29-31-18(2)14-19(3)32-29/h10-16H,6-9H2,1-5H3,(H,33,36)(H,31,32,34)/b30-16+. The number of aromatic nitrogens is 3. The highest BCUT2D eigenvalue weighted by Gasteiger charge is 2.28. The number of carbonyl (C=O) groups is 1. The molecule has 2 N–H and O–H groups in total. The first kappa shape index (κ1) is 24.9. The first-order valence-corrected chi connectivity index (χ1v) is 13.4. The Hall–Kier alpha value is -3.78. The Bertz CT molecular complexity index is 1480. The van der Waals surface area contributed by atoms with Crippen molar-refractivity contribution in [3.05, 3.63) is 86.3 Å². The van der Waals surface area contributed by atoms with E-state index in [2.05, 4.69) is 50.3 Å². The van der Waals surface area contributed by atoms with E-state index < -0.39 is 0 Å². The summed E-state index contributed by atoms with van der Waals surface area (Å²) in [5, 5.41) is 8.53. The Morgan fingerprint density at radius 1 is 1.00 bits per heavy atom. The van der Waals surface area contributed by atoms with E-state index >= 15 is 0 Å². The number of anilines is 2. The molecule has 3 heterocycles. The van der Waals surface area contributed by atoms with Crippen molar-refractivity contribution in [2.75, 3.05) is 10.7 Å². The SMILES string of the molecule is Cc1ccc(NC(=O)c2c(-n3c(C)cc(/C=N/Nc4nc(C)cc(C)n4)c3C)sc3c2CCCC3)cc1. The molecule has 0 unspecified atom stereocenters. The van der Waals surface area contributed by atoms with Gasteiger partial charge in [-0.05, 0) is 90.1 Å². The van der Waals surface area contributed by atoms with Crippen LogP contribution in [0.4, 0.5) is 11.6 Å². The van der Waals surface area contributed by atoms with Crippen LogP contribution in [0.1, 0.15) is 67.5 Å². The molecule has 0 atom stereocenters. The van der Waals surface area contributed by atoms with Crippen LogP contribution in [0.5, 0.6) is 0 Å². The van der Waals surface area contributed by atoms with Gasteiger partial charge >= 0.3 is 0 Å². The molecule has 8 heteroatoms. The summed E-state index contributed by atoms with van der Waals surface area (Å²) in [6.45, 7) is 10.1. The first-order chi connectivity index (χ1) is 17.8. The molecule has 0 bridgehead atoms. The highest BCUT2D eigenvalue weighted by molar-refractivity contribution is 7.15. The highest BCUT2D eigenvalue weighted by atomic mass is 32.1. The molecule has 0 spiro atoms. The molecule has 190 valence electrons. The second-order valence-corrected chi connectivity index (χ2v) is 10.8. The average Bonchev–Trinajstić information content (AvgIpc) is 3.36. The van der Waals surface area contributed by atoms with Crippen LogP contribution >= 0.6 is 11.3 Å². The van der Waals surface area contributed by atoms with Gasteiger partial charge in [-0.15, -0.1) is 11.3 Å². The zero-order valence-corrected chi connectivity index (χ0v) is 22.8. The number of amides is 1. The van der Waals surface area contributed by atoms with Gasteiger partial charge in [0.2, 0.25) is 5.95 Å². The number of hydrogen-bond acceptors (Lipinski definition) is 6. The van der Waals surface area contributed by atoms with Gasteiger partial charge in [0.05, 0.1) is 11.8 Å². The average molecular weight is 513 g/mol. The Kier molecular flexibility index (Phi) is 6.93. The van der Waals surface area contributed by atoms with Crippen LogP contribution in [-0.4, -0.2) is 26.7 Å². The van der Waals surface area contributed by atoms with E-state index in [4.69, 9.17) is 0 Å². The quantitative estimate of drug-likeness (QED) is 0.230. The molecule has 1 amide bonds. The molecule has 7 nitrogen and oxygen atoms in total. The van der Waals surface area contributed by atoms with Crippen LogP contribution in [0.2, 0.25) is 0 Å². The maximum Gasteiger partial charge on any atom is 0.258 e. The smallest absolute Gasteiger partial charge is 0.258 e. The largest absolute Gasteiger partial charge is 0.322 e. The Labute approximate surface area is 221 Å². The number of nitrogens with one attached hydrogen (secondary N) is 2. The zero-order valence-electron chi connectivity index (χ0n) is 22.0. The van der Waals surface area contributed by atoms with Crippen molar-refractivity contribution in [1.82, 2.24) is 14.5 Å². The lowest BCUT2D eigenvalue weighted by atomic mass is 9.95. The van der Waals surface area contributed by atoms with E-state index in [1.54, 1.807) is 17.6 Å². The van der Waals surface area contributed by atoms with E-state index in [1.165, 1.54) is 16.9 Å². The van der Waals surface area contributed by atoms with Gasteiger partial charge in [-0.25, -0.2) is 15.4 Å². The van der Waals surface area contributed by atoms with Crippen LogP contribution in [-0.2, 0) is 12.8 Å². The summed E-state index contributed by atoms with van der Waals surface area (Å²) in [6.07, 6.45) is 6.04. The Morgan fingerprint density at radius 2 is 1.70 bits per heavy atom. The van der Waals surface area contributed by atoms with Crippen molar-refractivity contribution < 1.29 is 4.79 Å². The number of hydrazone groups is 1. The molecule has 0 saturated carbocycles. The zero-order chi connectivity index (χ0) is 26.1. The van der Waals surface area contributed by atoms with Crippen molar-refractivity contribution in [3.8, 4) is 5.00 Å². The molecule has 1 aliphatic rings. The third kappa shape index (κ3) is 5.20. The molecule has 3 aromatic heterocycles. The van der Waals surface area contributed by atoms with Gasteiger partial charge in [-0.1, -0.05) is 17.7 Å². The summed E-state index contributed by atoms with van der Waals surface area (Å²) in [5.74, 6) is 0.429. The molecule has 1 aromatic carbocycles. The van der Waals surface area contributed by atoms with Crippen LogP contribution in [0, 0.1) is 34.6 Å². The number of fused-ring (bicyclic) bond motifs is 1. The minimum Gasteiger partial charge on any atom is -0.322 e. The number of benzene rings is 1.